The summed E-state index contributed by atoms with van der Waals surface area (Å²) in [5.74, 6) is 2.66. The van der Waals surface area contributed by atoms with Crippen molar-refractivity contribution in [1.82, 2.24) is 4.90 Å². The van der Waals surface area contributed by atoms with Crippen LogP contribution in [-0.4, -0.2) is 24.8 Å². The molecule has 116 valence electrons. The molecule has 0 saturated carbocycles. The summed E-state index contributed by atoms with van der Waals surface area (Å²) in [5.41, 5.74) is 9.10. The summed E-state index contributed by atoms with van der Waals surface area (Å²) < 4.78 is 11.1. The van der Waals surface area contributed by atoms with Crippen LogP contribution >= 0.6 is 0 Å². The number of anilines is 1. The molecule has 1 aromatic rings. The maximum Gasteiger partial charge on any atom is 0.189 e. The van der Waals surface area contributed by atoms with E-state index >= 15 is 0 Å². The monoisotopic (exact) mass is 290 g/mol. The number of rotatable bonds is 3. The number of piperidine rings is 1. The van der Waals surface area contributed by atoms with Gasteiger partial charge in [-0.05, 0) is 49.9 Å². The van der Waals surface area contributed by atoms with Crippen molar-refractivity contribution in [1.29, 1.82) is 0 Å². The molecule has 2 N–H and O–H groups in total. The molecule has 0 atom stereocenters. The first-order chi connectivity index (χ1) is 10.1. The molecule has 2 aliphatic rings. The molecular weight excluding hydrogens is 264 g/mol. The van der Waals surface area contributed by atoms with Crippen molar-refractivity contribution in [3.63, 3.8) is 0 Å². The van der Waals surface area contributed by atoms with E-state index in [0.29, 0.717) is 13.4 Å². The predicted molar refractivity (Wildman–Crippen MR) is 84.0 cm³/mol. The Labute approximate surface area is 127 Å². The van der Waals surface area contributed by atoms with Gasteiger partial charge in [-0.2, -0.15) is 0 Å². The standard InChI is InChI=1S/C17H26N2O2/c1-12(2)13-3-5-19(6-4-13)9-14-7-16(18)8-15-10-20-11-21-17(14)15/h7-8,12-13H,3-6,9-11,18H2,1-2H3. The molecule has 4 heteroatoms. The Kier molecular flexibility index (Phi) is 4.36. The highest BCUT2D eigenvalue weighted by atomic mass is 16.7. The van der Waals surface area contributed by atoms with E-state index in [0.717, 1.165) is 35.4 Å². The van der Waals surface area contributed by atoms with Gasteiger partial charge in [-0.3, -0.25) is 4.90 Å². The fourth-order valence-electron chi connectivity index (χ4n) is 3.46. The summed E-state index contributed by atoms with van der Waals surface area (Å²) in [4.78, 5) is 2.52. The van der Waals surface area contributed by atoms with Gasteiger partial charge in [-0.15, -0.1) is 0 Å². The van der Waals surface area contributed by atoms with Crippen molar-refractivity contribution >= 4 is 5.69 Å². The molecule has 0 spiro atoms. The molecule has 0 radical (unpaired) electrons. The van der Waals surface area contributed by atoms with Gasteiger partial charge in [0.2, 0.25) is 0 Å². The normalized spacial score (nSPS) is 20.3. The topological polar surface area (TPSA) is 47.7 Å². The minimum atomic E-state index is 0.347. The number of likely N-dealkylation sites (tertiary alicyclic amines) is 1. The van der Waals surface area contributed by atoms with Gasteiger partial charge in [0.1, 0.15) is 5.75 Å². The first kappa shape index (κ1) is 14.7. The summed E-state index contributed by atoms with van der Waals surface area (Å²) >= 11 is 0. The largest absolute Gasteiger partial charge is 0.467 e. The highest BCUT2D eigenvalue weighted by molar-refractivity contribution is 5.53. The van der Waals surface area contributed by atoms with Crippen molar-refractivity contribution in [2.75, 3.05) is 25.6 Å². The molecule has 21 heavy (non-hydrogen) atoms. The third-order valence-corrected chi connectivity index (χ3v) is 4.78. The van der Waals surface area contributed by atoms with Gasteiger partial charge in [0.05, 0.1) is 6.61 Å². The lowest BCUT2D eigenvalue weighted by Gasteiger charge is -2.34. The third-order valence-electron chi connectivity index (χ3n) is 4.78. The molecule has 1 fully saturated rings. The van der Waals surface area contributed by atoms with Crippen molar-refractivity contribution in [3.8, 4) is 5.75 Å². The van der Waals surface area contributed by atoms with Crippen LogP contribution in [0.25, 0.3) is 0 Å². The summed E-state index contributed by atoms with van der Waals surface area (Å²) in [5, 5.41) is 0. The highest BCUT2D eigenvalue weighted by Gasteiger charge is 2.23. The molecule has 1 saturated heterocycles. The van der Waals surface area contributed by atoms with Gasteiger partial charge in [-0.25, -0.2) is 0 Å². The fraction of sp³-hybridized carbons (Fsp3) is 0.647. The molecule has 4 nitrogen and oxygen atoms in total. The van der Waals surface area contributed by atoms with Gasteiger partial charge >= 0.3 is 0 Å². The van der Waals surface area contributed by atoms with Crippen molar-refractivity contribution in [3.05, 3.63) is 23.3 Å². The van der Waals surface area contributed by atoms with E-state index in [1.54, 1.807) is 0 Å². The number of hydrogen-bond acceptors (Lipinski definition) is 4. The summed E-state index contributed by atoms with van der Waals surface area (Å²) in [7, 11) is 0. The molecular formula is C17H26N2O2. The van der Waals surface area contributed by atoms with E-state index in [4.69, 9.17) is 15.2 Å². The number of ether oxygens (including phenoxy) is 2. The second-order valence-electron chi connectivity index (χ2n) is 6.64. The lowest BCUT2D eigenvalue weighted by atomic mass is 9.86. The zero-order valence-electron chi connectivity index (χ0n) is 13.1. The zero-order valence-corrected chi connectivity index (χ0v) is 13.1. The van der Waals surface area contributed by atoms with Crippen LogP contribution in [0.4, 0.5) is 5.69 Å². The Balaban J connectivity index is 1.70. The van der Waals surface area contributed by atoms with Crippen LogP contribution in [0.3, 0.4) is 0 Å². The molecule has 0 unspecified atom stereocenters. The van der Waals surface area contributed by atoms with Crippen LogP contribution in [0, 0.1) is 11.8 Å². The van der Waals surface area contributed by atoms with E-state index in [-0.39, 0.29) is 0 Å². The Morgan fingerprint density at radius 3 is 2.76 bits per heavy atom. The molecule has 2 heterocycles. The summed E-state index contributed by atoms with van der Waals surface area (Å²) in [6, 6.07) is 4.02. The van der Waals surface area contributed by atoms with Gasteiger partial charge in [0, 0.05) is 23.4 Å². The minimum Gasteiger partial charge on any atom is -0.467 e. The Hall–Kier alpha value is -1.26. The smallest absolute Gasteiger partial charge is 0.189 e. The van der Waals surface area contributed by atoms with Gasteiger partial charge in [-0.1, -0.05) is 13.8 Å². The number of fused-ring (bicyclic) bond motifs is 1. The number of benzene rings is 1. The lowest BCUT2D eigenvalue weighted by molar-refractivity contribution is -0.0175. The number of hydrogen-bond donors (Lipinski definition) is 1. The van der Waals surface area contributed by atoms with Crippen LogP contribution in [0.5, 0.6) is 5.75 Å². The Morgan fingerprint density at radius 2 is 2.05 bits per heavy atom. The van der Waals surface area contributed by atoms with E-state index in [1.807, 2.05) is 6.07 Å². The number of nitrogens with zero attached hydrogens (tertiary/aromatic N) is 1. The second kappa shape index (κ2) is 6.24. The first-order valence-electron chi connectivity index (χ1n) is 7.97. The van der Waals surface area contributed by atoms with Crippen LogP contribution in [0.15, 0.2) is 12.1 Å². The van der Waals surface area contributed by atoms with Crippen molar-refractivity contribution in [2.24, 2.45) is 11.8 Å². The molecule has 0 amide bonds. The van der Waals surface area contributed by atoms with Crippen LogP contribution < -0.4 is 10.5 Å². The molecule has 3 rings (SSSR count). The number of nitrogen functional groups attached to an aromatic ring is 1. The molecule has 2 aliphatic heterocycles. The van der Waals surface area contributed by atoms with Gasteiger partial charge in [0.15, 0.2) is 6.79 Å². The average Bonchev–Trinajstić information content (AvgIpc) is 2.47. The second-order valence-corrected chi connectivity index (χ2v) is 6.64. The zero-order chi connectivity index (χ0) is 14.8. The highest BCUT2D eigenvalue weighted by Crippen LogP contribution is 2.33. The molecule has 0 bridgehead atoms. The van der Waals surface area contributed by atoms with Crippen molar-refractivity contribution < 1.29 is 9.47 Å². The SMILES string of the molecule is CC(C)C1CCN(Cc2cc(N)cc3c2OCOC3)CC1. The molecule has 1 aromatic carbocycles. The first-order valence-corrected chi connectivity index (χ1v) is 7.97. The lowest BCUT2D eigenvalue weighted by Crippen LogP contribution is -2.35. The number of nitrogens with two attached hydrogens (primary N) is 1. The van der Waals surface area contributed by atoms with Gasteiger partial charge in [0.25, 0.3) is 0 Å². The maximum absolute atomic E-state index is 6.02. The predicted octanol–water partition coefficient (Wildman–Crippen LogP) is 3.00. The van der Waals surface area contributed by atoms with E-state index in [9.17, 15) is 0 Å². The Morgan fingerprint density at radius 1 is 1.29 bits per heavy atom. The van der Waals surface area contributed by atoms with Crippen LogP contribution in [-0.2, 0) is 17.9 Å². The van der Waals surface area contributed by atoms with Crippen LogP contribution in [0.1, 0.15) is 37.8 Å². The van der Waals surface area contributed by atoms with Gasteiger partial charge < -0.3 is 15.2 Å². The van der Waals surface area contributed by atoms with E-state index in [2.05, 4.69) is 24.8 Å². The van der Waals surface area contributed by atoms with E-state index in [1.165, 1.54) is 31.5 Å². The molecule has 0 aliphatic carbocycles. The van der Waals surface area contributed by atoms with Crippen molar-refractivity contribution in [2.45, 2.75) is 39.8 Å². The summed E-state index contributed by atoms with van der Waals surface area (Å²) in [6.07, 6.45) is 2.60. The quantitative estimate of drug-likeness (QED) is 0.869. The van der Waals surface area contributed by atoms with E-state index < -0.39 is 0 Å². The third kappa shape index (κ3) is 3.33. The molecule has 0 aromatic heterocycles. The maximum atomic E-state index is 6.02. The minimum absolute atomic E-state index is 0.347. The average molecular weight is 290 g/mol. The Bertz CT molecular complexity index is 494. The summed E-state index contributed by atoms with van der Waals surface area (Å²) in [6.45, 7) is 8.89. The fourth-order valence-corrected chi connectivity index (χ4v) is 3.46. The van der Waals surface area contributed by atoms with Crippen LogP contribution in [0.2, 0.25) is 0 Å².